The van der Waals surface area contributed by atoms with E-state index in [1.54, 1.807) is 0 Å². The molecule has 0 unspecified atom stereocenters. The standard InChI is InChI=1S/C22H35IN4OSi/c1-17-13-19(14-18(2)22(17)26-9-7-25(3)8-10-26)20-15-21(23)24-27(20)16-28-11-12-29(4,5)6/h13-15H,7-12,16H2,1-6H3. The van der Waals surface area contributed by atoms with Crippen LogP contribution in [0.25, 0.3) is 11.3 Å². The summed E-state index contributed by atoms with van der Waals surface area (Å²) in [6.07, 6.45) is 0. The number of nitrogens with zero attached hydrogens (tertiary/aromatic N) is 4. The summed E-state index contributed by atoms with van der Waals surface area (Å²) in [6.45, 7) is 17.4. The molecule has 1 aliphatic heterocycles. The predicted octanol–water partition coefficient (Wildman–Crippen LogP) is 4.84. The fraction of sp³-hybridized carbons (Fsp3) is 0.591. The lowest BCUT2D eigenvalue weighted by atomic mass is 10.0. The summed E-state index contributed by atoms with van der Waals surface area (Å²) in [5, 5.41) is 4.67. The molecular formula is C22H35IN4OSi. The molecule has 160 valence electrons. The second kappa shape index (κ2) is 9.49. The molecule has 5 nitrogen and oxygen atoms in total. The van der Waals surface area contributed by atoms with E-state index < -0.39 is 8.07 Å². The topological polar surface area (TPSA) is 33.5 Å². The van der Waals surface area contributed by atoms with Crippen LogP contribution in [0.1, 0.15) is 11.1 Å². The molecule has 1 aromatic heterocycles. The Balaban J connectivity index is 1.79. The van der Waals surface area contributed by atoms with Crippen LogP contribution < -0.4 is 4.90 Å². The molecule has 7 heteroatoms. The third kappa shape index (κ3) is 6.05. The Kier molecular flexibility index (Phi) is 7.45. The Morgan fingerprint density at radius 3 is 2.24 bits per heavy atom. The number of piperazine rings is 1. The van der Waals surface area contributed by atoms with E-state index in [-0.39, 0.29) is 0 Å². The summed E-state index contributed by atoms with van der Waals surface area (Å²) >= 11 is 2.29. The zero-order valence-electron chi connectivity index (χ0n) is 18.8. The highest BCUT2D eigenvalue weighted by molar-refractivity contribution is 14.1. The SMILES string of the molecule is Cc1cc(-c2cc(I)nn2COCC[Si](C)(C)C)cc(C)c1N1CCN(C)CC1. The van der Waals surface area contributed by atoms with Crippen LogP contribution in [-0.2, 0) is 11.5 Å². The minimum Gasteiger partial charge on any atom is -0.369 e. The summed E-state index contributed by atoms with van der Waals surface area (Å²) < 4.78 is 8.99. The molecule has 0 aliphatic carbocycles. The number of likely N-dealkylation sites (N-methyl/N-ethyl adjacent to an activating group) is 1. The van der Waals surface area contributed by atoms with Gasteiger partial charge in [0, 0.05) is 52.1 Å². The normalized spacial score (nSPS) is 15.9. The van der Waals surface area contributed by atoms with E-state index in [0.717, 1.165) is 42.2 Å². The number of aromatic nitrogens is 2. The number of rotatable bonds is 7. The van der Waals surface area contributed by atoms with E-state index in [4.69, 9.17) is 4.74 Å². The van der Waals surface area contributed by atoms with Crippen molar-refractivity contribution in [1.82, 2.24) is 14.7 Å². The Hall–Kier alpha value is -0.903. The maximum absolute atomic E-state index is 5.98. The third-order valence-electron chi connectivity index (χ3n) is 5.57. The minimum absolute atomic E-state index is 0.515. The van der Waals surface area contributed by atoms with Gasteiger partial charge in [-0.25, -0.2) is 4.68 Å². The molecule has 1 aliphatic rings. The van der Waals surface area contributed by atoms with Gasteiger partial charge in [-0.1, -0.05) is 19.6 Å². The molecule has 1 saturated heterocycles. The van der Waals surface area contributed by atoms with E-state index in [9.17, 15) is 0 Å². The second-order valence-electron chi connectivity index (χ2n) is 9.45. The Morgan fingerprint density at radius 2 is 1.66 bits per heavy atom. The van der Waals surface area contributed by atoms with Crippen LogP contribution in [0.3, 0.4) is 0 Å². The Bertz CT molecular complexity index is 815. The van der Waals surface area contributed by atoms with Crippen LogP contribution in [0.5, 0.6) is 0 Å². The van der Waals surface area contributed by atoms with Gasteiger partial charge in [-0.15, -0.1) is 0 Å². The van der Waals surface area contributed by atoms with Gasteiger partial charge in [0.25, 0.3) is 0 Å². The fourth-order valence-electron chi connectivity index (χ4n) is 3.88. The lowest BCUT2D eigenvalue weighted by Crippen LogP contribution is -2.45. The van der Waals surface area contributed by atoms with Gasteiger partial charge in [0.1, 0.15) is 10.4 Å². The molecule has 29 heavy (non-hydrogen) atoms. The van der Waals surface area contributed by atoms with Crippen molar-refractivity contribution in [3.8, 4) is 11.3 Å². The quantitative estimate of drug-likeness (QED) is 0.294. The molecular weight excluding hydrogens is 491 g/mol. The molecule has 0 spiro atoms. The third-order valence-corrected chi connectivity index (χ3v) is 7.80. The molecule has 0 N–H and O–H groups in total. The number of hydrogen-bond acceptors (Lipinski definition) is 4. The smallest absolute Gasteiger partial charge is 0.140 e. The molecule has 0 radical (unpaired) electrons. The molecule has 2 aromatic rings. The van der Waals surface area contributed by atoms with E-state index in [1.807, 2.05) is 4.68 Å². The lowest BCUT2D eigenvalue weighted by molar-refractivity contribution is 0.0795. The average molecular weight is 527 g/mol. The van der Waals surface area contributed by atoms with Crippen LogP contribution in [0, 0.1) is 17.5 Å². The van der Waals surface area contributed by atoms with Crippen molar-refractivity contribution in [3.05, 3.63) is 33.0 Å². The van der Waals surface area contributed by atoms with Crippen LogP contribution in [-0.4, -0.2) is 62.6 Å². The maximum Gasteiger partial charge on any atom is 0.140 e. The van der Waals surface area contributed by atoms with Crippen molar-refractivity contribution in [2.24, 2.45) is 0 Å². The van der Waals surface area contributed by atoms with Gasteiger partial charge in [-0.2, -0.15) is 5.10 Å². The summed E-state index contributed by atoms with van der Waals surface area (Å²) in [6, 6.07) is 7.96. The second-order valence-corrected chi connectivity index (χ2v) is 16.2. The number of hydrogen-bond donors (Lipinski definition) is 0. The van der Waals surface area contributed by atoms with Crippen LogP contribution >= 0.6 is 22.6 Å². The number of benzene rings is 1. The van der Waals surface area contributed by atoms with Gasteiger partial charge in [-0.3, -0.25) is 0 Å². The highest BCUT2D eigenvalue weighted by Gasteiger charge is 2.19. The van der Waals surface area contributed by atoms with Crippen molar-refractivity contribution >= 4 is 36.4 Å². The monoisotopic (exact) mass is 526 g/mol. The lowest BCUT2D eigenvalue weighted by Gasteiger charge is -2.36. The highest BCUT2D eigenvalue weighted by atomic mass is 127. The number of anilines is 1. The molecule has 1 aromatic carbocycles. The van der Waals surface area contributed by atoms with Gasteiger partial charge in [-0.05, 0) is 78.9 Å². The molecule has 2 heterocycles. The Morgan fingerprint density at radius 1 is 1.03 bits per heavy atom. The zero-order valence-corrected chi connectivity index (χ0v) is 21.9. The van der Waals surface area contributed by atoms with Crippen molar-refractivity contribution in [3.63, 3.8) is 0 Å². The average Bonchev–Trinajstić information content (AvgIpc) is 2.99. The largest absolute Gasteiger partial charge is 0.369 e. The predicted molar refractivity (Wildman–Crippen MR) is 134 cm³/mol. The van der Waals surface area contributed by atoms with Crippen molar-refractivity contribution < 1.29 is 4.74 Å². The van der Waals surface area contributed by atoms with Crippen LogP contribution in [0.15, 0.2) is 18.2 Å². The van der Waals surface area contributed by atoms with E-state index in [2.05, 4.69) is 96.2 Å². The molecule has 3 rings (SSSR count). The molecule has 1 fully saturated rings. The number of halogens is 1. The first-order valence-electron chi connectivity index (χ1n) is 10.5. The van der Waals surface area contributed by atoms with Crippen molar-refractivity contribution in [2.45, 2.75) is 46.3 Å². The first kappa shape index (κ1) is 22.8. The van der Waals surface area contributed by atoms with E-state index in [0.29, 0.717) is 6.73 Å². The van der Waals surface area contributed by atoms with Crippen molar-refractivity contribution in [1.29, 1.82) is 0 Å². The van der Waals surface area contributed by atoms with Crippen LogP contribution in [0.4, 0.5) is 5.69 Å². The summed E-state index contributed by atoms with van der Waals surface area (Å²) in [4.78, 5) is 4.94. The molecule has 0 saturated carbocycles. The van der Waals surface area contributed by atoms with Gasteiger partial charge in [0.05, 0.1) is 5.69 Å². The van der Waals surface area contributed by atoms with Crippen LogP contribution in [0.2, 0.25) is 25.7 Å². The fourth-order valence-corrected chi connectivity index (χ4v) is 5.19. The summed E-state index contributed by atoms with van der Waals surface area (Å²) in [5.74, 6) is 0. The Labute approximate surface area is 190 Å². The molecule has 0 amide bonds. The van der Waals surface area contributed by atoms with E-state index >= 15 is 0 Å². The minimum atomic E-state index is -1.07. The zero-order chi connectivity index (χ0) is 21.2. The van der Waals surface area contributed by atoms with Gasteiger partial charge < -0.3 is 14.5 Å². The van der Waals surface area contributed by atoms with Gasteiger partial charge in [0.2, 0.25) is 0 Å². The number of aryl methyl sites for hydroxylation is 2. The summed E-state index contributed by atoms with van der Waals surface area (Å²) in [7, 11) is 1.13. The number of ether oxygens (including phenoxy) is 1. The van der Waals surface area contributed by atoms with E-state index in [1.165, 1.54) is 28.4 Å². The first-order chi connectivity index (χ1) is 13.6. The highest BCUT2D eigenvalue weighted by Crippen LogP contribution is 2.32. The van der Waals surface area contributed by atoms with Gasteiger partial charge in [0.15, 0.2) is 0 Å². The first-order valence-corrected chi connectivity index (χ1v) is 15.3. The van der Waals surface area contributed by atoms with Crippen molar-refractivity contribution in [2.75, 3.05) is 44.7 Å². The molecule has 0 atom stereocenters. The summed E-state index contributed by atoms with van der Waals surface area (Å²) in [5.41, 5.74) is 6.44. The maximum atomic E-state index is 5.98. The van der Waals surface area contributed by atoms with Gasteiger partial charge >= 0.3 is 0 Å². The molecule has 0 bridgehead atoms.